The second-order valence-electron chi connectivity index (χ2n) is 5.84. The average molecular weight is 373 g/mol. The molecule has 1 saturated carbocycles. The minimum atomic E-state index is 0.210. The number of fused-ring (bicyclic) bond motifs is 2. The summed E-state index contributed by atoms with van der Waals surface area (Å²) >= 11 is 7.38. The van der Waals surface area contributed by atoms with Gasteiger partial charge in [0.15, 0.2) is 0 Å². The molecule has 98 valence electrons. The summed E-state index contributed by atoms with van der Waals surface area (Å²) in [5.41, 5.74) is 9.62. The van der Waals surface area contributed by atoms with Crippen molar-refractivity contribution in [3.05, 3.63) is 32.2 Å². The molecule has 0 heterocycles. The molecular formula is C15H19Br2N. The minimum absolute atomic E-state index is 0.210. The second kappa shape index (κ2) is 4.92. The number of hydrogen-bond acceptors (Lipinski definition) is 1. The Labute approximate surface area is 126 Å². The van der Waals surface area contributed by atoms with Crippen LogP contribution in [-0.2, 0) is 5.41 Å². The van der Waals surface area contributed by atoms with Crippen LogP contribution < -0.4 is 5.73 Å². The zero-order chi connectivity index (χ0) is 12.8. The molecule has 1 aromatic carbocycles. The number of hydrogen-bond donors (Lipinski definition) is 1. The van der Waals surface area contributed by atoms with Gasteiger partial charge in [-0.3, -0.25) is 0 Å². The van der Waals surface area contributed by atoms with Crippen molar-refractivity contribution in [2.24, 2.45) is 5.73 Å². The van der Waals surface area contributed by atoms with E-state index in [1.165, 1.54) is 54.1 Å². The van der Waals surface area contributed by atoms with Gasteiger partial charge in [-0.1, -0.05) is 51.1 Å². The van der Waals surface area contributed by atoms with Crippen molar-refractivity contribution in [1.82, 2.24) is 0 Å². The molecule has 1 atom stereocenters. The van der Waals surface area contributed by atoms with Crippen LogP contribution in [0.15, 0.2) is 21.1 Å². The molecule has 1 spiro atoms. The lowest BCUT2D eigenvalue weighted by atomic mass is 9.62. The maximum atomic E-state index is 6.33. The monoisotopic (exact) mass is 371 g/mol. The van der Waals surface area contributed by atoms with E-state index in [1.54, 1.807) is 0 Å². The van der Waals surface area contributed by atoms with E-state index in [9.17, 15) is 0 Å². The number of benzene rings is 1. The van der Waals surface area contributed by atoms with Gasteiger partial charge in [-0.05, 0) is 54.4 Å². The first-order chi connectivity index (χ1) is 8.62. The molecule has 1 nitrogen and oxygen atoms in total. The van der Waals surface area contributed by atoms with E-state index in [4.69, 9.17) is 5.73 Å². The largest absolute Gasteiger partial charge is 0.324 e. The molecule has 0 amide bonds. The highest BCUT2D eigenvalue weighted by atomic mass is 79.9. The maximum Gasteiger partial charge on any atom is 0.0298 e. The summed E-state index contributed by atoms with van der Waals surface area (Å²) in [4.78, 5) is 0. The van der Waals surface area contributed by atoms with E-state index in [0.29, 0.717) is 5.41 Å². The highest BCUT2D eigenvalue weighted by Crippen LogP contribution is 2.52. The van der Waals surface area contributed by atoms with Crippen molar-refractivity contribution in [3.63, 3.8) is 0 Å². The molecule has 2 N–H and O–H groups in total. The molecule has 0 aliphatic heterocycles. The van der Waals surface area contributed by atoms with Crippen LogP contribution in [0.1, 0.15) is 62.1 Å². The summed E-state index contributed by atoms with van der Waals surface area (Å²) in [5, 5.41) is 0. The van der Waals surface area contributed by atoms with Crippen LogP contribution in [0.5, 0.6) is 0 Å². The maximum absolute atomic E-state index is 6.33. The lowest BCUT2D eigenvalue weighted by Crippen LogP contribution is -2.36. The first-order valence-electron chi connectivity index (χ1n) is 6.87. The van der Waals surface area contributed by atoms with Gasteiger partial charge in [-0.25, -0.2) is 0 Å². The van der Waals surface area contributed by atoms with Crippen molar-refractivity contribution in [2.45, 2.75) is 56.4 Å². The Morgan fingerprint density at radius 2 is 1.78 bits per heavy atom. The van der Waals surface area contributed by atoms with Gasteiger partial charge in [0, 0.05) is 15.0 Å². The molecule has 3 heteroatoms. The summed E-state index contributed by atoms with van der Waals surface area (Å²) in [6.07, 6.45) is 9.23. The third-order valence-corrected chi connectivity index (χ3v) is 5.84. The summed E-state index contributed by atoms with van der Waals surface area (Å²) in [6.45, 7) is 0. The lowest BCUT2D eigenvalue weighted by molar-refractivity contribution is 0.243. The third kappa shape index (κ3) is 2.08. The Bertz CT molecular complexity index is 464. The summed E-state index contributed by atoms with van der Waals surface area (Å²) in [6, 6.07) is 4.63. The Kier molecular flexibility index (Phi) is 3.59. The second-order valence-corrected chi connectivity index (χ2v) is 7.61. The first kappa shape index (κ1) is 13.1. The summed E-state index contributed by atoms with van der Waals surface area (Å²) < 4.78 is 2.39. The van der Waals surface area contributed by atoms with Gasteiger partial charge in [0.05, 0.1) is 0 Å². The van der Waals surface area contributed by atoms with Crippen LogP contribution in [0.25, 0.3) is 0 Å². The van der Waals surface area contributed by atoms with Crippen LogP contribution >= 0.6 is 31.9 Å². The van der Waals surface area contributed by atoms with Gasteiger partial charge in [-0.15, -0.1) is 0 Å². The molecule has 3 rings (SSSR count). The molecule has 18 heavy (non-hydrogen) atoms. The molecule has 1 fully saturated rings. The van der Waals surface area contributed by atoms with Crippen molar-refractivity contribution in [2.75, 3.05) is 0 Å². The molecule has 0 saturated heterocycles. The third-order valence-electron chi connectivity index (χ3n) is 4.76. The highest BCUT2D eigenvalue weighted by molar-refractivity contribution is 9.11. The van der Waals surface area contributed by atoms with Crippen LogP contribution in [0.3, 0.4) is 0 Å². The molecule has 0 bridgehead atoms. The highest BCUT2D eigenvalue weighted by Gasteiger charge is 2.41. The van der Waals surface area contributed by atoms with Gasteiger partial charge in [0.1, 0.15) is 0 Å². The van der Waals surface area contributed by atoms with E-state index < -0.39 is 0 Å². The fourth-order valence-corrected chi connectivity index (χ4v) is 5.57. The van der Waals surface area contributed by atoms with Crippen LogP contribution in [0.4, 0.5) is 0 Å². The number of rotatable bonds is 0. The standard InChI is InChI=1S/C15H19Br2N/c16-10-8-11-13(18)4-7-15(5-2-1-3-6-15)14(11)12(17)9-10/h8-9,13H,1-7,18H2. The lowest BCUT2D eigenvalue weighted by Gasteiger charge is -2.44. The van der Waals surface area contributed by atoms with Gasteiger partial charge < -0.3 is 5.73 Å². The summed E-state index contributed by atoms with van der Waals surface area (Å²) in [5.74, 6) is 0. The van der Waals surface area contributed by atoms with Gasteiger partial charge in [-0.2, -0.15) is 0 Å². The molecule has 0 radical (unpaired) electrons. The fraction of sp³-hybridized carbons (Fsp3) is 0.600. The Hall–Kier alpha value is 0.140. The quantitative estimate of drug-likeness (QED) is 0.664. The number of halogens is 2. The molecule has 1 unspecified atom stereocenters. The average Bonchev–Trinajstić information content (AvgIpc) is 2.35. The van der Waals surface area contributed by atoms with Gasteiger partial charge >= 0.3 is 0 Å². The zero-order valence-corrected chi connectivity index (χ0v) is 13.7. The van der Waals surface area contributed by atoms with Gasteiger partial charge in [0.2, 0.25) is 0 Å². The topological polar surface area (TPSA) is 26.0 Å². The zero-order valence-electron chi connectivity index (χ0n) is 10.5. The van der Waals surface area contributed by atoms with E-state index in [2.05, 4.69) is 44.0 Å². The van der Waals surface area contributed by atoms with Crippen molar-refractivity contribution in [3.8, 4) is 0 Å². The smallest absolute Gasteiger partial charge is 0.0298 e. The van der Waals surface area contributed by atoms with Crippen molar-refractivity contribution < 1.29 is 0 Å². The van der Waals surface area contributed by atoms with Crippen LogP contribution in [0.2, 0.25) is 0 Å². The fourth-order valence-electron chi connectivity index (χ4n) is 3.89. The SMILES string of the molecule is NC1CCC2(CCCCC2)c2c(Br)cc(Br)cc21. The van der Waals surface area contributed by atoms with E-state index >= 15 is 0 Å². The predicted molar refractivity (Wildman–Crippen MR) is 82.8 cm³/mol. The van der Waals surface area contributed by atoms with E-state index in [1.807, 2.05) is 0 Å². The predicted octanol–water partition coefficient (Wildman–Crippen LogP) is 5.21. The molecule has 2 aliphatic carbocycles. The molecule has 1 aromatic rings. The van der Waals surface area contributed by atoms with Crippen LogP contribution in [-0.4, -0.2) is 0 Å². The molecular weight excluding hydrogens is 354 g/mol. The van der Waals surface area contributed by atoms with Crippen molar-refractivity contribution in [1.29, 1.82) is 0 Å². The minimum Gasteiger partial charge on any atom is -0.324 e. The van der Waals surface area contributed by atoms with E-state index in [-0.39, 0.29) is 6.04 Å². The Balaban J connectivity index is 2.15. The molecule has 0 aromatic heterocycles. The first-order valence-corrected chi connectivity index (χ1v) is 8.46. The number of nitrogens with two attached hydrogens (primary N) is 1. The van der Waals surface area contributed by atoms with Gasteiger partial charge in [0.25, 0.3) is 0 Å². The summed E-state index contributed by atoms with van der Waals surface area (Å²) in [7, 11) is 0. The van der Waals surface area contributed by atoms with Crippen LogP contribution in [0, 0.1) is 0 Å². The molecule has 2 aliphatic rings. The Morgan fingerprint density at radius 1 is 1.06 bits per heavy atom. The normalized spacial score (nSPS) is 26.1. The van der Waals surface area contributed by atoms with E-state index in [0.717, 1.165) is 10.9 Å². The Morgan fingerprint density at radius 3 is 2.50 bits per heavy atom. The van der Waals surface area contributed by atoms with Crippen molar-refractivity contribution >= 4 is 31.9 Å².